The summed E-state index contributed by atoms with van der Waals surface area (Å²) in [7, 11) is 0. The molecule has 0 amide bonds. The Morgan fingerprint density at radius 1 is 1.29 bits per heavy atom. The summed E-state index contributed by atoms with van der Waals surface area (Å²) < 4.78 is 0. The first kappa shape index (κ1) is 27.4. The molecule has 0 heterocycles. The average Bonchev–Trinajstić information content (AvgIpc) is 0.811. The molecule has 0 saturated carbocycles. The van der Waals surface area contributed by atoms with Crippen LogP contribution in [0.1, 0.15) is 0 Å². The van der Waals surface area contributed by atoms with Crippen LogP contribution in [0.15, 0.2) is 0 Å². The predicted molar refractivity (Wildman–Crippen MR) is 16.3 cm³/mol. The van der Waals surface area contributed by atoms with E-state index in [1.165, 1.54) is 0 Å². The first-order valence-electron chi connectivity index (χ1n) is 0.548. The van der Waals surface area contributed by atoms with E-state index in [4.69, 9.17) is 15.3 Å². The van der Waals surface area contributed by atoms with Crippen molar-refractivity contribution in [1.29, 1.82) is 0 Å². The fraction of sp³-hybridized carbons (Fsp3) is 0. The van der Waals surface area contributed by atoms with Crippen molar-refractivity contribution in [3.8, 4) is 0 Å². The summed E-state index contributed by atoms with van der Waals surface area (Å²) in [4.78, 5) is 8.25. The minimum absolute atomic E-state index is 0. The van der Waals surface area contributed by atoms with Crippen LogP contribution in [-0.2, 0) is 20.4 Å². The molecule has 1 radical (unpaired) electrons. The van der Waals surface area contributed by atoms with Crippen LogP contribution in [0.5, 0.6) is 0 Å². The minimum Gasteiger partial charge on any atom is -1.00 e. The quantitative estimate of drug-likeness (QED) is 0.270. The van der Waals surface area contributed by atoms with Gasteiger partial charge in [0, 0.05) is 0 Å². The van der Waals surface area contributed by atoms with E-state index in [1.54, 1.807) is 0 Å². The van der Waals surface area contributed by atoms with Crippen LogP contribution in [0.4, 0.5) is 0 Å². The number of halogens is 1. The summed E-state index contributed by atoms with van der Waals surface area (Å²) >= 11 is 0. The maximum Gasteiger partial charge on any atom is 1.00 e. The molecule has 7 heavy (non-hydrogen) atoms. The number of nitrogens with zero attached hydrogens (tertiary/aromatic N) is 1. The summed E-state index contributed by atoms with van der Waals surface area (Å²) in [6.45, 7) is 0. The predicted octanol–water partition coefficient (Wildman–Crippen LogP) is -2.86. The van der Waals surface area contributed by atoms with Gasteiger partial charge in [-0.05, 0) is 0 Å². The van der Waals surface area contributed by atoms with Crippen molar-refractivity contribution in [3.05, 3.63) is 15.3 Å². The van der Waals surface area contributed by atoms with E-state index in [1.807, 2.05) is 0 Å². The topological polar surface area (TPSA) is 103 Å². The Hall–Kier alpha value is 0.112. The zero-order chi connectivity index (χ0) is 3.58. The second kappa shape index (κ2) is 16.5. The molecule has 4 N–H and O–H groups in total. The SMILES string of the molecule is O=[N+]([O-])[O-].[Cl-].[NH4+].[Pd+]. The summed E-state index contributed by atoms with van der Waals surface area (Å²) in [5.74, 6) is 0. The molecule has 0 aliphatic heterocycles. The molecular formula is H4ClN2O3Pd. The smallest absolute Gasteiger partial charge is 1.00 e. The van der Waals surface area contributed by atoms with Gasteiger partial charge in [0.1, 0.15) is 0 Å². The fourth-order valence-electron chi connectivity index (χ4n) is 0. The van der Waals surface area contributed by atoms with E-state index in [0.717, 1.165) is 0 Å². The van der Waals surface area contributed by atoms with E-state index < -0.39 is 5.09 Å². The Morgan fingerprint density at radius 3 is 1.29 bits per heavy atom. The van der Waals surface area contributed by atoms with Crippen LogP contribution >= 0.6 is 0 Å². The third kappa shape index (κ3) is 8190. The minimum atomic E-state index is -1.75. The van der Waals surface area contributed by atoms with Crippen molar-refractivity contribution < 1.29 is 37.9 Å². The van der Waals surface area contributed by atoms with Gasteiger partial charge in [-0.15, -0.1) is 0 Å². The molecular weight excluding hydrogens is 218 g/mol. The van der Waals surface area contributed by atoms with E-state index in [-0.39, 0.29) is 39.0 Å². The molecule has 0 aromatic rings. The normalized spacial score (nSPS) is 3.43. The molecule has 0 saturated heterocycles. The van der Waals surface area contributed by atoms with E-state index in [0.29, 0.717) is 0 Å². The van der Waals surface area contributed by atoms with Crippen molar-refractivity contribution in [1.82, 2.24) is 6.15 Å². The van der Waals surface area contributed by atoms with Gasteiger partial charge < -0.3 is 33.9 Å². The average molecular weight is 222 g/mol. The molecule has 5 nitrogen and oxygen atoms in total. The van der Waals surface area contributed by atoms with Gasteiger partial charge in [0.25, 0.3) is 0 Å². The van der Waals surface area contributed by atoms with Gasteiger partial charge in [0.05, 0.1) is 5.09 Å². The maximum absolute atomic E-state index is 8.25. The summed E-state index contributed by atoms with van der Waals surface area (Å²) in [6.07, 6.45) is 0. The number of hydrogen-bond donors (Lipinski definition) is 1. The molecule has 0 aliphatic rings. The zero-order valence-electron chi connectivity index (χ0n) is 3.37. The van der Waals surface area contributed by atoms with E-state index in [9.17, 15) is 0 Å². The molecule has 0 unspecified atom stereocenters. The first-order chi connectivity index (χ1) is 1.73. The summed E-state index contributed by atoms with van der Waals surface area (Å²) in [5.41, 5.74) is 0. The van der Waals surface area contributed by atoms with E-state index >= 15 is 0 Å². The van der Waals surface area contributed by atoms with Gasteiger partial charge in [0.15, 0.2) is 0 Å². The number of hydrogen-bond acceptors (Lipinski definition) is 3. The van der Waals surface area contributed by atoms with Crippen molar-refractivity contribution in [2.24, 2.45) is 0 Å². The first-order valence-corrected chi connectivity index (χ1v) is 0.548. The van der Waals surface area contributed by atoms with Gasteiger partial charge in [-0.1, -0.05) is 0 Å². The van der Waals surface area contributed by atoms with E-state index in [2.05, 4.69) is 0 Å². The third-order valence-corrected chi connectivity index (χ3v) is 0. The van der Waals surface area contributed by atoms with Crippen LogP contribution in [-0.4, -0.2) is 5.09 Å². The van der Waals surface area contributed by atoms with Gasteiger partial charge in [-0.3, -0.25) is 0 Å². The van der Waals surface area contributed by atoms with Gasteiger partial charge in [0.2, 0.25) is 0 Å². The Labute approximate surface area is 59.8 Å². The molecule has 7 heteroatoms. The van der Waals surface area contributed by atoms with Gasteiger partial charge in [-0.2, -0.15) is 0 Å². The molecule has 0 rings (SSSR count). The van der Waals surface area contributed by atoms with Crippen molar-refractivity contribution in [2.45, 2.75) is 0 Å². The standard InChI is InChI=1S/ClH.NO3.H3N.Pd/c;2-1(3)4;;/h1H;;1H3;/q;-1;;+1. The Balaban J connectivity index is -0.0000000150. The molecule has 0 atom stereocenters. The van der Waals surface area contributed by atoms with Crippen LogP contribution in [0.25, 0.3) is 0 Å². The molecule has 0 aromatic heterocycles. The zero-order valence-corrected chi connectivity index (χ0v) is 5.68. The second-order valence-corrected chi connectivity index (χ2v) is 0.224. The van der Waals surface area contributed by atoms with Crippen LogP contribution in [0, 0.1) is 15.3 Å². The number of rotatable bonds is 0. The van der Waals surface area contributed by atoms with Gasteiger partial charge in [-0.25, -0.2) is 0 Å². The second-order valence-electron chi connectivity index (χ2n) is 0.224. The Kier molecular flexibility index (Phi) is 64.6. The Bertz CT molecular complexity index is 35.9. The van der Waals surface area contributed by atoms with Crippen LogP contribution in [0.3, 0.4) is 0 Å². The molecule has 0 aromatic carbocycles. The molecule has 0 fully saturated rings. The van der Waals surface area contributed by atoms with Gasteiger partial charge >= 0.3 is 20.4 Å². The molecule has 49 valence electrons. The largest absolute Gasteiger partial charge is 1.00 e. The molecule has 0 bridgehead atoms. The van der Waals surface area contributed by atoms with Crippen LogP contribution < -0.4 is 18.6 Å². The fourth-order valence-corrected chi connectivity index (χ4v) is 0. The van der Waals surface area contributed by atoms with Crippen molar-refractivity contribution in [3.63, 3.8) is 0 Å². The number of quaternary nitrogens is 1. The Morgan fingerprint density at radius 2 is 1.29 bits per heavy atom. The maximum atomic E-state index is 8.25. The third-order valence-electron chi connectivity index (χ3n) is 0. The van der Waals surface area contributed by atoms with Crippen LogP contribution in [0.2, 0.25) is 0 Å². The van der Waals surface area contributed by atoms with Crippen molar-refractivity contribution >= 4 is 0 Å². The van der Waals surface area contributed by atoms with Crippen molar-refractivity contribution in [2.75, 3.05) is 0 Å². The molecule has 0 aliphatic carbocycles. The molecule has 0 spiro atoms. The summed E-state index contributed by atoms with van der Waals surface area (Å²) in [6, 6.07) is 0. The monoisotopic (exact) mass is 221 g/mol. The summed E-state index contributed by atoms with van der Waals surface area (Å²) in [5, 5.41) is 14.8.